The van der Waals surface area contributed by atoms with Crippen LogP contribution in [0, 0.1) is 5.92 Å². The van der Waals surface area contributed by atoms with Gasteiger partial charge in [0.15, 0.2) is 5.78 Å². The van der Waals surface area contributed by atoms with Crippen molar-refractivity contribution in [1.82, 2.24) is 0 Å². The highest BCUT2D eigenvalue weighted by molar-refractivity contribution is 6.09. The first-order valence-corrected chi connectivity index (χ1v) is 17.5. The van der Waals surface area contributed by atoms with E-state index in [0.29, 0.717) is 12.2 Å². The number of rotatable bonds is 15. The molecule has 3 aromatic carbocycles. The molecular weight excluding hydrogens is 528 g/mol. The lowest BCUT2D eigenvalue weighted by atomic mass is 9.86. The van der Waals surface area contributed by atoms with Crippen LogP contribution >= 0.6 is 0 Å². The van der Waals surface area contributed by atoms with Crippen LogP contribution in [0.2, 0.25) is 0 Å². The predicted octanol–water partition coefficient (Wildman–Crippen LogP) is 11.4. The first-order chi connectivity index (χ1) is 21.1. The van der Waals surface area contributed by atoms with Gasteiger partial charge < -0.3 is 4.74 Å². The van der Waals surface area contributed by atoms with Gasteiger partial charge in [-0.25, -0.2) is 0 Å². The number of unbranched alkanes of at least 4 members (excludes halogenated alkanes) is 11. The summed E-state index contributed by atoms with van der Waals surface area (Å²) in [6.45, 7) is 4.40. The van der Waals surface area contributed by atoms with Crippen molar-refractivity contribution < 1.29 is 14.3 Å². The smallest absolute Gasteiger partial charge is 0.321 e. The van der Waals surface area contributed by atoms with Gasteiger partial charge in [-0.2, -0.15) is 0 Å². The van der Waals surface area contributed by atoms with E-state index in [-0.39, 0.29) is 11.8 Å². The quantitative estimate of drug-likeness (QED) is 0.0774. The number of ether oxygens (including phenoxy) is 1. The second-order valence-electron chi connectivity index (χ2n) is 12.7. The molecule has 0 bridgehead atoms. The first kappa shape index (κ1) is 33.0. The van der Waals surface area contributed by atoms with E-state index in [0.717, 1.165) is 44.9 Å². The molecule has 0 unspecified atom stereocenters. The van der Waals surface area contributed by atoms with Crippen LogP contribution in [0.4, 0.5) is 0 Å². The van der Waals surface area contributed by atoms with Crippen molar-refractivity contribution in [3.05, 3.63) is 71.5 Å². The van der Waals surface area contributed by atoms with Gasteiger partial charge in [0, 0.05) is 12.5 Å². The Morgan fingerprint density at radius 1 is 0.651 bits per heavy atom. The number of benzene rings is 3. The van der Waals surface area contributed by atoms with Gasteiger partial charge >= 0.3 is 5.97 Å². The van der Waals surface area contributed by atoms with E-state index < -0.39 is 5.92 Å². The fourth-order valence-electron chi connectivity index (χ4n) is 6.72. The molecule has 3 heteroatoms. The summed E-state index contributed by atoms with van der Waals surface area (Å²) in [5, 5.41) is 5.64. The zero-order valence-corrected chi connectivity index (χ0v) is 26.9. The van der Waals surface area contributed by atoms with Gasteiger partial charge in [0.05, 0.1) is 0 Å². The second kappa shape index (κ2) is 18.0. The molecule has 0 N–H and O–H groups in total. The van der Waals surface area contributed by atoms with Crippen LogP contribution < -0.4 is 0 Å². The highest BCUT2D eigenvalue weighted by atomic mass is 16.5. The van der Waals surface area contributed by atoms with E-state index in [1.165, 1.54) is 92.2 Å². The number of hydrogen-bond acceptors (Lipinski definition) is 3. The highest BCUT2D eigenvalue weighted by Crippen LogP contribution is 2.33. The lowest BCUT2D eigenvalue weighted by Crippen LogP contribution is -2.29. The molecule has 1 aliphatic heterocycles. The third-order valence-corrected chi connectivity index (χ3v) is 9.29. The maximum atomic E-state index is 12.2. The molecule has 0 radical (unpaired) electrons. The molecule has 0 fully saturated rings. The summed E-state index contributed by atoms with van der Waals surface area (Å²) in [6.07, 6.45) is 23.9. The fourth-order valence-corrected chi connectivity index (χ4v) is 6.72. The van der Waals surface area contributed by atoms with E-state index >= 15 is 0 Å². The molecule has 1 atom stereocenters. The zero-order chi connectivity index (χ0) is 30.3. The monoisotopic (exact) mass is 582 g/mol. The number of esters is 1. The minimum absolute atomic E-state index is 0.0429. The van der Waals surface area contributed by atoms with Crippen LogP contribution in [-0.2, 0) is 27.2 Å². The summed E-state index contributed by atoms with van der Waals surface area (Å²) in [5.41, 5.74) is 3.17. The summed E-state index contributed by atoms with van der Waals surface area (Å²) in [5.74, 6) is -0.333. The molecule has 0 amide bonds. The third-order valence-electron chi connectivity index (χ3n) is 9.29. The van der Waals surface area contributed by atoms with E-state index in [4.69, 9.17) is 4.74 Å². The fraction of sp³-hybridized carbons (Fsp3) is 0.550. The van der Waals surface area contributed by atoms with Gasteiger partial charge in [-0.1, -0.05) is 139 Å². The van der Waals surface area contributed by atoms with Crippen molar-refractivity contribution in [3.63, 3.8) is 0 Å². The molecule has 1 heterocycles. The zero-order valence-electron chi connectivity index (χ0n) is 26.9. The first-order valence-electron chi connectivity index (χ1n) is 17.5. The van der Waals surface area contributed by atoms with Crippen LogP contribution in [0.3, 0.4) is 0 Å². The molecule has 0 saturated carbocycles. The minimum atomic E-state index is -0.552. The van der Waals surface area contributed by atoms with Gasteiger partial charge in [0.25, 0.3) is 0 Å². The average molecular weight is 583 g/mol. The van der Waals surface area contributed by atoms with Gasteiger partial charge in [0.1, 0.15) is 11.7 Å². The van der Waals surface area contributed by atoms with Crippen LogP contribution in [0.1, 0.15) is 134 Å². The van der Waals surface area contributed by atoms with Gasteiger partial charge in [-0.05, 0) is 71.2 Å². The molecule has 5 rings (SSSR count). The summed E-state index contributed by atoms with van der Waals surface area (Å²) in [6, 6.07) is 18.0. The van der Waals surface area contributed by atoms with Crippen molar-refractivity contribution in [3.8, 4) is 0 Å². The van der Waals surface area contributed by atoms with Crippen molar-refractivity contribution >= 4 is 33.3 Å². The number of fused-ring (bicyclic) bond motifs is 5. The molecular formula is C40H54O3. The SMILES string of the molecule is CCCCCCCCCCCC1=CC(=O)[C@@H](CCCCCC)C(=O)O1.c1ccc2c(c1)ccc1c3c(ccc12)CCCC3. The summed E-state index contributed by atoms with van der Waals surface area (Å²) in [7, 11) is 0. The molecule has 2 aliphatic rings. The number of carbonyl (C=O) groups is 2. The van der Waals surface area contributed by atoms with Crippen molar-refractivity contribution in [2.45, 2.75) is 136 Å². The summed E-state index contributed by atoms with van der Waals surface area (Å²) in [4.78, 5) is 24.2. The Morgan fingerprint density at radius 2 is 1.30 bits per heavy atom. The van der Waals surface area contributed by atoms with Gasteiger partial charge in [0.2, 0.25) is 0 Å². The standard InChI is InChI=1S/C22H38O3.C18H16/c1-3-5-7-9-10-11-12-13-14-16-19-18-21(23)20(22(24)25-19)17-15-8-6-4-2;1-3-7-15-13(5-1)9-11-18-16-8-4-2-6-14(16)10-12-17(15)18/h18,20H,3-17H2,1-2H3;1,3,5,7,9-12H,2,4,6,8H2/t20-;/m1./s1. The van der Waals surface area contributed by atoms with Crippen LogP contribution in [-0.4, -0.2) is 11.8 Å². The Hall–Kier alpha value is -2.94. The molecule has 0 aromatic heterocycles. The number of carbonyl (C=O) groups excluding carboxylic acids is 2. The number of hydrogen-bond donors (Lipinski definition) is 0. The largest absolute Gasteiger partial charge is 0.430 e. The predicted molar refractivity (Wildman–Crippen MR) is 181 cm³/mol. The summed E-state index contributed by atoms with van der Waals surface area (Å²) < 4.78 is 5.40. The van der Waals surface area contributed by atoms with Crippen LogP contribution in [0.25, 0.3) is 21.5 Å². The Morgan fingerprint density at radius 3 is 2.05 bits per heavy atom. The highest BCUT2D eigenvalue weighted by Gasteiger charge is 2.31. The molecule has 43 heavy (non-hydrogen) atoms. The van der Waals surface area contributed by atoms with E-state index in [1.807, 2.05) is 0 Å². The third kappa shape index (κ3) is 9.78. The van der Waals surface area contributed by atoms with Crippen LogP contribution in [0.15, 0.2) is 60.4 Å². The Balaban J connectivity index is 0.000000205. The molecule has 1 aliphatic carbocycles. The Labute approximate surface area is 260 Å². The van der Waals surface area contributed by atoms with Gasteiger partial charge in [-0.15, -0.1) is 0 Å². The van der Waals surface area contributed by atoms with E-state index in [2.05, 4.69) is 62.4 Å². The van der Waals surface area contributed by atoms with Crippen LogP contribution in [0.5, 0.6) is 0 Å². The normalized spacial score (nSPS) is 16.4. The second-order valence-corrected chi connectivity index (χ2v) is 12.7. The minimum Gasteiger partial charge on any atom is -0.430 e. The Bertz CT molecular complexity index is 1350. The maximum Gasteiger partial charge on any atom is 0.321 e. The maximum absolute atomic E-state index is 12.2. The number of ketones is 1. The topological polar surface area (TPSA) is 43.4 Å². The number of allylic oxidation sites excluding steroid dienone is 2. The van der Waals surface area contributed by atoms with Crippen molar-refractivity contribution in [2.24, 2.45) is 5.92 Å². The molecule has 0 saturated heterocycles. The van der Waals surface area contributed by atoms with Gasteiger partial charge in [-0.3, -0.25) is 9.59 Å². The van der Waals surface area contributed by atoms with E-state index in [9.17, 15) is 9.59 Å². The molecule has 3 nitrogen and oxygen atoms in total. The molecule has 3 aromatic rings. The lowest BCUT2D eigenvalue weighted by Gasteiger charge is -2.20. The Kier molecular flexibility index (Phi) is 13.8. The molecule has 0 spiro atoms. The lowest BCUT2D eigenvalue weighted by molar-refractivity contribution is -0.149. The summed E-state index contributed by atoms with van der Waals surface area (Å²) >= 11 is 0. The average Bonchev–Trinajstić information content (AvgIpc) is 3.03. The number of cyclic esters (lactones) is 1. The number of aryl methyl sites for hydroxylation is 2. The van der Waals surface area contributed by atoms with E-state index in [1.54, 1.807) is 17.2 Å². The molecule has 232 valence electrons. The van der Waals surface area contributed by atoms with Crippen molar-refractivity contribution in [1.29, 1.82) is 0 Å². The van der Waals surface area contributed by atoms with Crippen molar-refractivity contribution in [2.75, 3.05) is 0 Å².